The van der Waals surface area contributed by atoms with E-state index >= 15 is 0 Å². The molecule has 0 aliphatic heterocycles. The van der Waals surface area contributed by atoms with Gasteiger partial charge in [0.15, 0.2) is 0 Å². The molecule has 0 aliphatic carbocycles. The first-order valence-corrected chi connectivity index (χ1v) is 7.24. The van der Waals surface area contributed by atoms with Crippen LogP contribution >= 0.6 is 11.3 Å². The van der Waals surface area contributed by atoms with Crippen molar-refractivity contribution in [3.63, 3.8) is 0 Å². The number of hydrogen-bond donors (Lipinski definition) is 2. The van der Waals surface area contributed by atoms with Crippen LogP contribution in [0.2, 0.25) is 0 Å². The summed E-state index contributed by atoms with van der Waals surface area (Å²) in [4.78, 5) is 19.9. The zero-order valence-corrected chi connectivity index (χ0v) is 12.1. The Bertz CT molecular complexity index is 743. The average Bonchev–Trinajstić information content (AvgIpc) is 3.08. The molecule has 0 fully saturated rings. The number of H-pyrrole nitrogens is 1. The topological polar surface area (TPSA) is 57.8 Å². The summed E-state index contributed by atoms with van der Waals surface area (Å²) >= 11 is 1.54. The normalized spacial score (nSPS) is 11.7. The fourth-order valence-corrected chi connectivity index (χ4v) is 2.94. The van der Waals surface area contributed by atoms with Gasteiger partial charge in [-0.15, -0.1) is 11.3 Å². The summed E-state index contributed by atoms with van der Waals surface area (Å²) in [7, 11) is 0. The minimum atomic E-state index is -0.482. The number of aromatic nitrogens is 2. The van der Waals surface area contributed by atoms with Crippen LogP contribution in [0.5, 0.6) is 0 Å². The lowest BCUT2D eigenvalue weighted by atomic mass is 10.0. The number of thiazole rings is 1. The molecular weight excluding hydrogens is 270 g/mol. The maximum Gasteiger partial charge on any atom is 0.252 e. The molecule has 0 saturated carbocycles. The zero-order chi connectivity index (χ0) is 14.2. The highest BCUT2D eigenvalue weighted by Crippen LogP contribution is 2.24. The molecule has 0 atom stereocenters. The van der Waals surface area contributed by atoms with Crippen molar-refractivity contribution in [3.8, 4) is 0 Å². The molecule has 0 aliphatic rings. The molecule has 3 aromatic rings. The average molecular weight is 285 g/mol. The summed E-state index contributed by atoms with van der Waals surface area (Å²) in [6, 6.07) is 7.59. The van der Waals surface area contributed by atoms with Crippen molar-refractivity contribution in [2.45, 2.75) is 19.4 Å². The van der Waals surface area contributed by atoms with E-state index < -0.39 is 5.54 Å². The van der Waals surface area contributed by atoms with Gasteiger partial charge in [-0.25, -0.2) is 4.98 Å². The Morgan fingerprint density at radius 2 is 2.20 bits per heavy atom. The Labute approximate surface area is 120 Å². The molecule has 2 N–H and O–H groups in total. The molecule has 0 saturated heterocycles. The summed E-state index contributed by atoms with van der Waals surface area (Å²) < 4.78 is 0. The molecule has 5 heteroatoms. The lowest BCUT2D eigenvalue weighted by molar-refractivity contribution is 0.0913. The third kappa shape index (κ3) is 2.20. The molecule has 102 valence electrons. The van der Waals surface area contributed by atoms with Crippen LogP contribution in [-0.2, 0) is 5.54 Å². The van der Waals surface area contributed by atoms with Crippen molar-refractivity contribution in [2.75, 3.05) is 0 Å². The number of benzene rings is 1. The molecule has 0 bridgehead atoms. The van der Waals surface area contributed by atoms with Crippen molar-refractivity contribution in [3.05, 3.63) is 52.6 Å². The number of hydrogen-bond acceptors (Lipinski definition) is 3. The second-order valence-electron chi connectivity index (χ2n) is 5.16. The van der Waals surface area contributed by atoms with Crippen LogP contribution in [-0.4, -0.2) is 15.9 Å². The van der Waals surface area contributed by atoms with Crippen molar-refractivity contribution in [2.24, 2.45) is 0 Å². The third-order valence-electron chi connectivity index (χ3n) is 3.23. The maximum atomic E-state index is 12.5. The van der Waals surface area contributed by atoms with Crippen LogP contribution in [0.15, 0.2) is 42.0 Å². The highest BCUT2D eigenvalue weighted by atomic mass is 32.1. The van der Waals surface area contributed by atoms with Crippen LogP contribution in [0.25, 0.3) is 10.9 Å². The number of carbonyl (C=O) groups is 1. The summed E-state index contributed by atoms with van der Waals surface area (Å²) in [5.74, 6) is -0.0876. The van der Waals surface area contributed by atoms with E-state index in [1.54, 1.807) is 17.5 Å². The molecule has 4 nitrogen and oxygen atoms in total. The molecule has 2 heterocycles. The Hall–Kier alpha value is -2.14. The standard InChI is InChI=1S/C15H15N3OS/c1-15(2,14-17-8-9-20-14)18-13(19)11-4-3-5-12-10(11)6-7-16-12/h3-9,16H,1-2H3,(H,18,19). The number of rotatable bonds is 3. The van der Waals surface area contributed by atoms with E-state index in [1.165, 1.54) is 0 Å². The van der Waals surface area contributed by atoms with E-state index in [0.29, 0.717) is 5.56 Å². The van der Waals surface area contributed by atoms with Gasteiger partial charge in [-0.05, 0) is 32.0 Å². The Balaban J connectivity index is 1.92. The largest absolute Gasteiger partial charge is 0.361 e. The highest BCUT2D eigenvalue weighted by molar-refractivity contribution is 7.09. The fourth-order valence-electron chi connectivity index (χ4n) is 2.22. The van der Waals surface area contributed by atoms with Crippen LogP contribution in [0.1, 0.15) is 29.2 Å². The summed E-state index contributed by atoms with van der Waals surface area (Å²) in [5.41, 5.74) is 1.15. The quantitative estimate of drug-likeness (QED) is 0.776. The predicted molar refractivity (Wildman–Crippen MR) is 80.9 cm³/mol. The van der Waals surface area contributed by atoms with Gasteiger partial charge in [0.2, 0.25) is 0 Å². The Morgan fingerprint density at radius 3 is 2.95 bits per heavy atom. The molecule has 3 rings (SSSR count). The second-order valence-corrected chi connectivity index (χ2v) is 6.06. The van der Waals surface area contributed by atoms with Gasteiger partial charge >= 0.3 is 0 Å². The van der Waals surface area contributed by atoms with Crippen LogP contribution in [0.4, 0.5) is 0 Å². The molecule has 0 spiro atoms. The number of nitrogens with one attached hydrogen (secondary N) is 2. The van der Waals surface area contributed by atoms with Gasteiger partial charge < -0.3 is 10.3 Å². The molecule has 1 amide bonds. The maximum absolute atomic E-state index is 12.5. The molecule has 0 radical (unpaired) electrons. The van der Waals surface area contributed by atoms with Gasteiger partial charge in [-0.2, -0.15) is 0 Å². The summed E-state index contributed by atoms with van der Waals surface area (Å²) in [5, 5.41) is 6.79. The first-order chi connectivity index (χ1) is 9.58. The SMILES string of the molecule is CC(C)(NC(=O)c1cccc2[nH]ccc12)c1nccs1. The third-order valence-corrected chi connectivity index (χ3v) is 4.33. The van der Waals surface area contributed by atoms with Crippen LogP contribution < -0.4 is 5.32 Å². The molecule has 1 aromatic carbocycles. The van der Waals surface area contributed by atoms with Gasteiger partial charge in [-0.3, -0.25) is 4.79 Å². The van der Waals surface area contributed by atoms with Crippen molar-refractivity contribution >= 4 is 28.1 Å². The molecule has 20 heavy (non-hydrogen) atoms. The van der Waals surface area contributed by atoms with Gasteiger partial charge in [0.05, 0.1) is 5.54 Å². The van der Waals surface area contributed by atoms with Crippen LogP contribution in [0.3, 0.4) is 0 Å². The minimum absolute atomic E-state index is 0.0876. The van der Waals surface area contributed by atoms with E-state index in [-0.39, 0.29) is 5.91 Å². The number of fused-ring (bicyclic) bond motifs is 1. The molecular formula is C15H15N3OS. The second kappa shape index (κ2) is 4.76. The Morgan fingerprint density at radius 1 is 1.35 bits per heavy atom. The number of nitrogens with zero attached hydrogens (tertiary/aromatic N) is 1. The number of carbonyl (C=O) groups excluding carboxylic acids is 1. The lowest BCUT2D eigenvalue weighted by Crippen LogP contribution is -2.40. The van der Waals surface area contributed by atoms with Gasteiger partial charge in [0, 0.05) is 34.2 Å². The fraction of sp³-hybridized carbons (Fsp3) is 0.200. The molecule has 2 aromatic heterocycles. The van der Waals surface area contributed by atoms with E-state index in [2.05, 4.69) is 15.3 Å². The first kappa shape index (κ1) is 12.9. The van der Waals surface area contributed by atoms with Gasteiger partial charge in [0.25, 0.3) is 5.91 Å². The van der Waals surface area contributed by atoms with Crippen molar-refractivity contribution in [1.29, 1.82) is 0 Å². The minimum Gasteiger partial charge on any atom is -0.361 e. The first-order valence-electron chi connectivity index (χ1n) is 6.36. The predicted octanol–water partition coefficient (Wildman–Crippen LogP) is 3.29. The summed E-state index contributed by atoms with van der Waals surface area (Å²) in [6.07, 6.45) is 3.59. The monoisotopic (exact) mass is 285 g/mol. The molecule has 0 unspecified atom stereocenters. The highest BCUT2D eigenvalue weighted by Gasteiger charge is 2.26. The smallest absolute Gasteiger partial charge is 0.252 e. The Kier molecular flexibility index (Phi) is 3.06. The van der Waals surface area contributed by atoms with E-state index in [1.807, 2.05) is 49.7 Å². The van der Waals surface area contributed by atoms with Crippen LogP contribution in [0, 0.1) is 0 Å². The number of amides is 1. The van der Waals surface area contributed by atoms with Gasteiger partial charge in [0.1, 0.15) is 5.01 Å². The van der Waals surface area contributed by atoms with Crippen molar-refractivity contribution in [1.82, 2.24) is 15.3 Å². The van der Waals surface area contributed by atoms with E-state index in [9.17, 15) is 4.79 Å². The lowest BCUT2D eigenvalue weighted by Gasteiger charge is -2.24. The van der Waals surface area contributed by atoms with Gasteiger partial charge in [-0.1, -0.05) is 6.07 Å². The number of aromatic amines is 1. The van der Waals surface area contributed by atoms with E-state index in [0.717, 1.165) is 15.9 Å². The van der Waals surface area contributed by atoms with E-state index in [4.69, 9.17) is 0 Å². The zero-order valence-electron chi connectivity index (χ0n) is 11.3. The summed E-state index contributed by atoms with van der Waals surface area (Å²) in [6.45, 7) is 3.92. The van der Waals surface area contributed by atoms with Crippen molar-refractivity contribution < 1.29 is 4.79 Å².